The summed E-state index contributed by atoms with van der Waals surface area (Å²) < 4.78 is 2.65. The Balaban J connectivity index is 1.82. The van der Waals surface area contributed by atoms with Crippen molar-refractivity contribution < 1.29 is 5.11 Å². The highest BCUT2D eigenvalue weighted by Gasteiger charge is 2.18. The molecule has 0 amide bonds. The predicted octanol–water partition coefficient (Wildman–Crippen LogP) is 0.891. The van der Waals surface area contributed by atoms with Gasteiger partial charge >= 0.3 is 0 Å². The van der Waals surface area contributed by atoms with E-state index in [0.29, 0.717) is 0 Å². The van der Waals surface area contributed by atoms with Crippen molar-refractivity contribution in [1.82, 2.24) is 9.80 Å². The van der Waals surface area contributed by atoms with Crippen LogP contribution < -0.4 is 9.75 Å². The minimum Gasteiger partial charge on any atom is -0.392 e. The molecule has 104 valence electrons. The van der Waals surface area contributed by atoms with E-state index in [-0.39, 0.29) is 6.10 Å². The van der Waals surface area contributed by atoms with Crippen molar-refractivity contribution in [2.75, 3.05) is 26.7 Å². The van der Waals surface area contributed by atoms with Gasteiger partial charge in [-0.25, -0.2) is 0 Å². The van der Waals surface area contributed by atoms with Crippen LogP contribution in [-0.4, -0.2) is 47.7 Å². The van der Waals surface area contributed by atoms with Crippen LogP contribution in [-0.2, 0) is 6.54 Å². The van der Waals surface area contributed by atoms with Crippen LogP contribution in [0.3, 0.4) is 0 Å². The summed E-state index contributed by atoms with van der Waals surface area (Å²) in [6, 6.07) is 2.29. The van der Waals surface area contributed by atoms with Gasteiger partial charge in [-0.1, -0.05) is 15.9 Å². The van der Waals surface area contributed by atoms with E-state index in [1.165, 1.54) is 19.1 Å². The first-order valence-corrected chi connectivity index (χ1v) is 8.32. The Morgan fingerprint density at radius 3 is 3.16 bits per heavy atom. The number of nitrogens with zero attached hydrogens (tertiary/aromatic N) is 2. The largest absolute Gasteiger partial charge is 0.392 e. The van der Waals surface area contributed by atoms with Crippen molar-refractivity contribution in [1.29, 1.82) is 0 Å². The fourth-order valence-corrected chi connectivity index (χ4v) is 4.78. The molecule has 0 spiro atoms. The molecule has 1 N–H and O–H groups in total. The molecule has 19 heavy (non-hydrogen) atoms. The average molecular weight is 343 g/mol. The Labute approximate surface area is 126 Å². The standard InChI is InChI=1S/C14H19BrN2OS/c1-16-6-10-5-12(19-14(10)13(15)9-16)8-17-4-2-3-11(18)7-17/h5-6,11,18H,2-4,7-9H2,1H3. The lowest BCUT2D eigenvalue weighted by molar-refractivity contribution is 0.0673. The Kier molecular flexibility index (Phi) is 3.98. The second-order valence-electron chi connectivity index (χ2n) is 5.48. The number of piperidine rings is 1. The fraction of sp³-hybridized carbons (Fsp3) is 0.571. The molecular weight excluding hydrogens is 324 g/mol. The molecule has 0 bridgehead atoms. The summed E-state index contributed by atoms with van der Waals surface area (Å²) in [5.74, 6) is 0. The molecule has 0 saturated carbocycles. The lowest BCUT2D eigenvalue weighted by atomic mass is 10.1. The fourth-order valence-electron chi connectivity index (χ4n) is 2.81. The Bertz CT molecular complexity index is 583. The van der Waals surface area contributed by atoms with E-state index in [9.17, 15) is 5.11 Å². The molecule has 1 atom stereocenters. The third kappa shape index (κ3) is 3.05. The predicted molar refractivity (Wildman–Crippen MR) is 83.5 cm³/mol. The number of likely N-dealkylation sites (tertiary alicyclic amines) is 1. The van der Waals surface area contributed by atoms with Crippen molar-refractivity contribution in [3.8, 4) is 0 Å². The van der Waals surface area contributed by atoms with Gasteiger partial charge in [0.25, 0.3) is 0 Å². The molecule has 3 nitrogen and oxygen atoms in total. The van der Waals surface area contributed by atoms with E-state index in [4.69, 9.17) is 0 Å². The summed E-state index contributed by atoms with van der Waals surface area (Å²) in [5.41, 5.74) is 0. The van der Waals surface area contributed by atoms with E-state index < -0.39 is 0 Å². The van der Waals surface area contributed by atoms with E-state index in [0.717, 1.165) is 39.0 Å². The second kappa shape index (κ2) is 5.56. The van der Waals surface area contributed by atoms with Gasteiger partial charge in [0.2, 0.25) is 0 Å². The summed E-state index contributed by atoms with van der Waals surface area (Å²) >= 11 is 5.56. The number of halogens is 1. The van der Waals surface area contributed by atoms with Crippen LogP contribution in [0.15, 0.2) is 6.07 Å². The second-order valence-corrected chi connectivity index (χ2v) is 7.57. The molecule has 1 aromatic heterocycles. The molecule has 0 aliphatic carbocycles. The highest BCUT2D eigenvalue weighted by atomic mass is 79.9. The third-order valence-electron chi connectivity index (χ3n) is 3.67. The normalized spacial score (nSPS) is 24.3. The SMILES string of the molecule is CN1C=c2cc(CN3CCCC(O)C3)sc2=C(Br)C1. The van der Waals surface area contributed by atoms with Crippen LogP contribution in [0.2, 0.25) is 0 Å². The first kappa shape index (κ1) is 13.6. The molecular formula is C14H19BrN2OS. The van der Waals surface area contributed by atoms with Crippen molar-refractivity contribution in [2.24, 2.45) is 0 Å². The van der Waals surface area contributed by atoms with E-state index in [1.54, 1.807) is 0 Å². The van der Waals surface area contributed by atoms with Gasteiger partial charge in [-0.15, -0.1) is 11.3 Å². The van der Waals surface area contributed by atoms with E-state index in [1.807, 2.05) is 11.3 Å². The molecule has 1 fully saturated rings. The summed E-state index contributed by atoms with van der Waals surface area (Å²) in [6.07, 6.45) is 4.14. The quantitative estimate of drug-likeness (QED) is 0.864. The summed E-state index contributed by atoms with van der Waals surface area (Å²) in [4.78, 5) is 5.96. The van der Waals surface area contributed by atoms with Gasteiger partial charge < -0.3 is 10.0 Å². The molecule has 0 aromatic carbocycles. The van der Waals surface area contributed by atoms with Crippen LogP contribution in [0, 0.1) is 0 Å². The molecule has 0 radical (unpaired) electrons. The van der Waals surface area contributed by atoms with E-state index in [2.05, 4.69) is 45.0 Å². The Morgan fingerprint density at radius 2 is 2.37 bits per heavy atom. The third-order valence-corrected chi connectivity index (χ3v) is 5.77. The number of aliphatic hydroxyl groups is 1. The maximum absolute atomic E-state index is 9.73. The first-order valence-electron chi connectivity index (χ1n) is 6.72. The zero-order valence-corrected chi connectivity index (χ0v) is 13.5. The van der Waals surface area contributed by atoms with Crippen molar-refractivity contribution in [3.63, 3.8) is 0 Å². The van der Waals surface area contributed by atoms with Crippen molar-refractivity contribution >= 4 is 37.9 Å². The van der Waals surface area contributed by atoms with Crippen LogP contribution in [0.5, 0.6) is 0 Å². The zero-order chi connectivity index (χ0) is 13.4. The molecule has 3 rings (SSSR count). The Morgan fingerprint density at radius 1 is 1.53 bits per heavy atom. The first-order chi connectivity index (χ1) is 9.11. The number of aliphatic hydroxyl groups excluding tert-OH is 1. The van der Waals surface area contributed by atoms with Gasteiger partial charge in [0.05, 0.1) is 12.6 Å². The van der Waals surface area contributed by atoms with Gasteiger partial charge in [-0.2, -0.15) is 0 Å². The number of β-amino-alcohol motifs (C(OH)–C–C–N with tert-alkyl or cyclic N) is 1. The zero-order valence-electron chi connectivity index (χ0n) is 11.1. The van der Waals surface area contributed by atoms with Crippen LogP contribution >= 0.6 is 27.3 Å². The van der Waals surface area contributed by atoms with Gasteiger partial charge in [-0.3, -0.25) is 4.90 Å². The van der Waals surface area contributed by atoms with Crippen LogP contribution in [0.4, 0.5) is 0 Å². The highest BCUT2D eigenvalue weighted by Crippen LogP contribution is 2.16. The van der Waals surface area contributed by atoms with Crippen LogP contribution in [0.25, 0.3) is 10.7 Å². The monoisotopic (exact) mass is 342 g/mol. The number of hydrogen-bond donors (Lipinski definition) is 1. The molecule has 1 unspecified atom stereocenters. The minimum atomic E-state index is -0.140. The molecule has 3 heterocycles. The molecule has 1 saturated heterocycles. The number of rotatable bonds is 2. The lowest BCUT2D eigenvalue weighted by Crippen LogP contribution is -2.37. The average Bonchev–Trinajstić information content (AvgIpc) is 2.71. The van der Waals surface area contributed by atoms with Gasteiger partial charge in [0, 0.05) is 45.4 Å². The summed E-state index contributed by atoms with van der Waals surface area (Å²) in [6.45, 7) is 3.84. The maximum Gasteiger partial charge on any atom is 0.0667 e. The molecule has 1 aromatic rings. The van der Waals surface area contributed by atoms with Gasteiger partial charge in [0.1, 0.15) is 0 Å². The maximum atomic E-state index is 9.73. The highest BCUT2D eigenvalue weighted by molar-refractivity contribution is 9.15. The minimum absolute atomic E-state index is 0.140. The van der Waals surface area contributed by atoms with Gasteiger partial charge in [-0.05, 0) is 25.5 Å². The Hall–Kier alpha value is -0.360. The summed E-state index contributed by atoms with van der Waals surface area (Å²) in [7, 11) is 2.10. The summed E-state index contributed by atoms with van der Waals surface area (Å²) in [5, 5.41) is 11.1. The molecule has 2 aliphatic rings. The number of hydrogen-bond acceptors (Lipinski definition) is 4. The number of thiophene rings is 1. The van der Waals surface area contributed by atoms with Crippen molar-refractivity contribution in [2.45, 2.75) is 25.5 Å². The topological polar surface area (TPSA) is 26.7 Å². The smallest absolute Gasteiger partial charge is 0.0667 e. The molecule has 5 heteroatoms. The van der Waals surface area contributed by atoms with Crippen molar-refractivity contribution in [3.05, 3.63) is 20.7 Å². The van der Waals surface area contributed by atoms with Gasteiger partial charge in [0.15, 0.2) is 0 Å². The lowest BCUT2D eigenvalue weighted by Gasteiger charge is -2.29. The number of fused-ring (bicyclic) bond motifs is 1. The van der Waals surface area contributed by atoms with Crippen LogP contribution in [0.1, 0.15) is 17.7 Å². The molecule has 2 aliphatic heterocycles. The van der Waals surface area contributed by atoms with E-state index >= 15 is 0 Å².